The minimum absolute atomic E-state index is 0.0120. The lowest BCUT2D eigenvalue weighted by molar-refractivity contribution is -0.133. The van der Waals surface area contributed by atoms with Crippen molar-refractivity contribution in [1.82, 2.24) is 9.80 Å². The summed E-state index contributed by atoms with van der Waals surface area (Å²) in [5, 5.41) is 2.04. The third kappa shape index (κ3) is 6.59. The van der Waals surface area contributed by atoms with E-state index in [0.29, 0.717) is 18.7 Å². The number of thiophene rings is 1. The topological polar surface area (TPSA) is 40.6 Å². The number of carbonyl (C=O) groups excluding carboxylic acids is 2. The Labute approximate surface area is 229 Å². The van der Waals surface area contributed by atoms with Gasteiger partial charge >= 0.3 is 0 Å². The first-order chi connectivity index (χ1) is 18.7. The van der Waals surface area contributed by atoms with Gasteiger partial charge in [0.15, 0.2) is 0 Å². The number of hydrogen-bond donors (Lipinski definition) is 0. The molecule has 3 aromatic carbocycles. The predicted octanol–water partition coefficient (Wildman–Crippen LogP) is 7.42. The fraction of sp³-hybridized carbons (Fsp3) is 0.273. The maximum Gasteiger partial charge on any atom is 0.254 e. The smallest absolute Gasteiger partial charge is 0.254 e. The van der Waals surface area contributed by atoms with Crippen LogP contribution in [0, 0.1) is 0 Å². The number of benzene rings is 3. The maximum absolute atomic E-state index is 13.9. The van der Waals surface area contributed by atoms with Crippen molar-refractivity contribution in [3.05, 3.63) is 118 Å². The molecule has 1 heterocycles. The highest BCUT2D eigenvalue weighted by molar-refractivity contribution is 7.09. The molecule has 38 heavy (non-hydrogen) atoms. The van der Waals surface area contributed by atoms with Gasteiger partial charge in [0.1, 0.15) is 6.54 Å². The Bertz CT molecular complexity index is 1300. The quantitative estimate of drug-likeness (QED) is 0.229. The van der Waals surface area contributed by atoms with E-state index in [9.17, 15) is 9.59 Å². The van der Waals surface area contributed by atoms with Crippen molar-refractivity contribution in [2.45, 2.75) is 51.2 Å². The second-order valence-electron chi connectivity index (χ2n) is 9.98. The fourth-order valence-electron chi connectivity index (χ4n) is 5.23. The van der Waals surface area contributed by atoms with Crippen LogP contribution in [0.2, 0.25) is 0 Å². The Hall–Kier alpha value is -3.70. The summed E-state index contributed by atoms with van der Waals surface area (Å²) in [6.45, 7) is 1.17. The highest BCUT2D eigenvalue weighted by Gasteiger charge is 2.30. The maximum atomic E-state index is 13.9. The van der Waals surface area contributed by atoms with E-state index < -0.39 is 0 Å². The molecule has 0 bridgehead atoms. The molecule has 0 saturated heterocycles. The fourth-order valence-corrected chi connectivity index (χ4v) is 5.95. The number of nitrogens with zero attached hydrogens (tertiary/aromatic N) is 2. The molecule has 194 valence electrons. The van der Waals surface area contributed by atoms with E-state index in [0.717, 1.165) is 47.3 Å². The van der Waals surface area contributed by atoms with Gasteiger partial charge in [0.05, 0.1) is 6.54 Å². The van der Waals surface area contributed by atoms with Crippen molar-refractivity contribution in [1.29, 1.82) is 0 Å². The zero-order valence-corrected chi connectivity index (χ0v) is 22.5. The third-order valence-corrected chi connectivity index (χ3v) is 8.18. The summed E-state index contributed by atoms with van der Waals surface area (Å²) < 4.78 is 0. The van der Waals surface area contributed by atoms with Gasteiger partial charge in [-0.1, -0.05) is 98.1 Å². The molecule has 1 aliphatic carbocycles. The molecule has 1 fully saturated rings. The van der Waals surface area contributed by atoms with Crippen LogP contribution in [0.1, 0.15) is 52.9 Å². The van der Waals surface area contributed by atoms with Crippen LogP contribution in [0.5, 0.6) is 0 Å². The summed E-state index contributed by atoms with van der Waals surface area (Å²) in [4.78, 5) is 32.6. The number of amides is 2. The highest BCUT2D eigenvalue weighted by Crippen LogP contribution is 2.26. The van der Waals surface area contributed by atoms with Gasteiger partial charge in [0, 0.05) is 23.0 Å². The van der Waals surface area contributed by atoms with Crippen molar-refractivity contribution in [3.8, 4) is 11.1 Å². The normalized spacial score (nSPS) is 13.7. The molecule has 1 saturated carbocycles. The van der Waals surface area contributed by atoms with Crippen molar-refractivity contribution in [2.75, 3.05) is 6.54 Å². The van der Waals surface area contributed by atoms with Crippen LogP contribution in [0.25, 0.3) is 11.1 Å². The lowest BCUT2D eigenvalue weighted by atomic mass is 9.93. The van der Waals surface area contributed by atoms with Crippen LogP contribution < -0.4 is 0 Å². The lowest BCUT2D eigenvalue weighted by Crippen LogP contribution is -2.48. The lowest BCUT2D eigenvalue weighted by Gasteiger charge is -2.35. The first kappa shape index (κ1) is 25.9. The molecule has 1 aromatic heterocycles. The molecule has 0 atom stereocenters. The van der Waals surface area contributed by atoms with Crippen molar-refractivity contribution < 1.29 is 9.59 Å². The van der Waals surface area contributed by atoms with E-state index in [1.807, 2.05) is 94.0 Å². The second kappa shape index (κ2) is 12.7. The Morgan fingerprint density at radius 3 is 2.03 bits per heavy atom. The van der Waals surface area contributed by atoms with Gasteiger partial charge in [0.2, 0.25) is 5.91 Å². The standard InChI is InChI=1S/C33H34N2O2S/c36-32(34(24-31-17-10-22-38-31)23-26-11-4-1-5-12-26)25-35(30-15-8-3-9-16-30)33(37)29-20-18-28(19-21-29)27-13-6-2-7-14-27/h1-2,4-7,10-14,17-22,30H,3,8-9,15-16,23-25H2. The van der Waals surface area contributed by atoms with Crippen molar-refractivity contribution >= 4 is 23.2 Å². The Morgan fingerprint density at radius 2 is 1.37 bits per heavy atom. The monoisotopic (exact) mass is 522 g/mol. The average Bonchev–Trinajstić information content (AvgIpc) is 3.50. The third-order valence-electron chi connectivity index (χ3n) is 7.32. The van der Waals surface area contributed by atoms with Crippen molar-refractivity contribution in [2.24, 2.45) is 0 Å². The second-order valence-corrected chi connectivity index (χ2v) is 11.0. The average molecular weight is 523 g/mol. The molecule has 4 aromatic rings. The van der Waals surface area contributed by atoms with E-state index in [2.05, 4.69) is 18.2 Å². The minimum atomic E-state index is -0.0550. The van der Waals surface area contributed by atoms with Crippen LogP contribution in [0.4, 0.5) is 0 Å². The van der Waals surface area contributed by atoms with Crippen LogP contribution in [0.3, 0.4) is 0 Å². The number of hydrogen-bond acceptors (Lipinski definition) is 3. The summed E-state index contributed by atoms with van der Waals surface area (Å²) >= 11 is 1.65. The van der Waals surface area contributed by atoms with Gasteiger partial charge in [0.25, 0.3) is 5.91 Å². The molecule has 0 aliphatic heterocycles. The first-order valence-electron chi connectivity index (χ1n) is 13.5. The molecule has 5 rings (SSSR count). The molecule has 0 N–H and O–H groups in total. The highest BCUT2D eigenvalue weighted by atomic mass is 32.1. The molecule has 0 spiro atoms. The van der Waals surface area contributed by atoms with Crippen LogP contribution in [-0.2, 0) is 17.9 Å². The van der Waals surface area contributed by atoms with Crippen LogP contribution in [0.15, 0.2) is 102 Å². The summed E-state index contributed by atoms with van der Waals surface area (Å²) in [5.41, 5.74) is 3.92. The van der Waals surface area contributed by atoms with E-state index in [1.54, 1.807) is 11.3 Å². The zero-order valence-electron chi connectivity index (χ0n) is 21.7. The molecule has 1 aliphatic rings. The van der Waals surface area contributed by atoms with Gasteiger partial charge in [-0.3, -0.25) is 9.59 Å². The van der Waals surface area contributed by atoms with Gasteiger partial charge in [-0.25, -0.2) is 0 Å². The van der Waals surface area contributed by atoms with E-state index >= 15 is 0 Å². The van der Waals surface area contributed by atoms with Gasteiger partial charge < -0.3 is 9.80 Å². The Kier molecular flexibility index (Phi) is 8.67. The molecule has 0 unspecified atom stereocenters. The van der Waals surface area contributed by atoms with Gasteiger partial charge in [-0.05, 0) is 53.1 Å². The van der Waals surface area contributed by atoms with Crippen LogP contribution >= 0.6 is 11.3 Å². The van der Waals surface area contributed by atoms with E-state index in [1.165, 1.54) is 6.42 Å². The first-order valence-corrected chi connectivity index (χ1v) is 14.4. The molecular formula is C33H34N2O2S. The largest absolute Gasteiger partial charge is 0.332 e. The Balaban J connectivity index is 1.37. The summed E-state index contributed by atoms with van der Waals surface area (Å²) in [7, 11) is 0. The van der Waals surface area contributed by atoms with Crippen LogP contribution in [-0.4, -0.2) is 34.2 Å². The number of carbonyl (C=O) groups is 2. The Morgan fingerprint density at radius 1 is 0.711 bits per heavy atom. The van der Waals surface area contributed by atoms with Gasteiger partial charge in [-0.2, -0.15) is 0 Å². The molecule has 0 radical (unpaired) electrons. The minimum Gasteiger partial charge on any atom is -0.332 e. The summed E-state index contributed by atoms with van der Waals surface area (Å²) in [5.74, 6) is -0.0669. The zero-order chi connectivity index (χ0) is 26.2. The van der Waals surface area contributed by atoms with E-state index in [4.69, 9.17) is 0 Å². The summed E-state index contributed by atoms with van der Waals surface area (Å²) in [6.07, 6.45) is 5.28. The molecule has 5 heteroatoms. The number of rotatable bonds is 9. The molecule has 2 amide bonds. The summed E-state index contributed by atoms with van der Waals surface area (Å²) in [6, 6.07) is 32.2. The molecular weight excluding hydrogens is 488 g/mol. The van der Waals surface area contributed by atoms with Gasteiger partial charge in [-0.15, -0.1) is 11.3 Å². The SMILES string of the molecule is O=C(CN(C(=O)c1ccc(-c2ccccc2)cc1)C1CCCCC1)N(Cc1ccccc1)Cc1cccs1. The van der Waals surface area contributed by atoms with E-state index in [-0.39, 0.29) is 24.4 Å². The van der Waals surface area contributed by atoms with Crippen molar-refractivity contribution in [3.63, 3.8) is 0 Å². The molecule has 4 nitrogen and oxygen atoms in total. The predicted molar refractivity (Wildman–Crippen MR) is 155 cm³/mol.